The topological polar surface area (TPSA) is 52.3 Å². The van der Waals surface area contributed by atoms with Crippen LogP contribution >= 0.6 is 0 Å². The summed E-state index contributed by atoms with van der Waals surface area (Å²) in [4.78, 5) is 0.278. The van der Waals surface area contributed by atoms with Crippen molar-refractivity contribution in [3.05, 3.63) is 23.8 Å². The van der Waals surface area contributed by atoms with Crippen LogP contribution < -0.4 is 5.73 Å². The van der Waals surface area contributed by atoms with E-state index in [1.54, 1.807) is 0 Å². The van der Waals surface area contributed by atoms with Gasteiger partial charge in [-0.25, -0.2) is 0 Å². The van der Waals surface area contributed by atoms with Crippen LogP contribution in [0.5, 0.6) is 0 Å². The Balaban J connectivity index is 2.23. The van der Waals surface area contributed by atoms with Crippen molar-refractivity contribution in [1.29, 1.82) is 0 Å². The molecule has 1 aliphatic rings. The monoisotopic (exact) mass is 293 g/mol. The van der Waals surface area contributed by atoms with Gasteiger partial charge in [-0.05, 0) is 31.0 Å². The van der Waals surface area contributed by atoms with Crippen molar-refractivity contribution in [2.45, 2.75) is 29.2 Å². The van der Waals surface area contributed by atoms with Gasteiger partial charge in [-0.3, -0.25) is 4.21 Å². The molecule has 7 heteroatoms. The lowest BCUT2D eigenvalue weighted by Gasteiger charge is -2.22. The molecule has 0 amide bonds. The smallest absolute Gasteiger partial charge is 0.398 e. The van der Waals surface area contributed by atoms with Crippen LogP contribution in [0.3, 0.4) is 0 Å². The Morgan fingerprint density at radius 3 is 2.42 bits per heavy atom. The Hall–Kier alpha value is -1.08. The number of anilines is 1. The van der Waals surface area contributed by atoms with Crippen LogP contribution in [0.4, 0.5) is 18.9 Å². The molecule has 106 valence electrons. The standard InChI is InChI=1S/C12H14F3NO2S/c13-12(14,15)8-1-2-11(10(16)7-8)19(17)9-3-5-18-6-4-9/h1-2,7,9H,3-6,16H2. The maximum atomic E-state index is 12.5. The van der Waals surface area contributed by atoms with Gasteiger partial charge >= 0.3 is 6.18 Å². The number of nitrogen functional groups attached to an aromatic ring is 1. The Labute approximate surface area is 111 Å². The summed E-state index contributed by atoms with van der Waals surface area (Å²) in [5, 5.41) is -0.104. The fourth-order valence-corrected chi connectivity index (χ4v) is 3.45. The predicted molar refractivity (Wildman–Crippen MR) is 66.1 cm³/mol. The molecule has 1 aliphatic heterocycles. The van der Waals surface area contributed by atoms with Gasteiger partial charge in [-0.2, -0.15) is 13.2 Å². The molecule has 0 aliphatic carbocycles. The zero-order valence-corrected chi connectivity index (χ0v) is 10.9. The number of rotatable bonds is 2. The maximum Gasteiger partial charge on any atom is 0.416 e. The van der Waals surface area contributed by atoms with E-state index in [0.717, 1.165) is 12.1 Å². The highest BCUT2D eigenvalue weighted by molar-refractivity contribution is 7.85. The zero-order chi connectivity index (χ0) is 14.0. The van der Waals surface area contributed by atoms with E-state index in [1.165, 1.54) is 6.07 Å². The van der Waals surface area contributed by atoms with Crippen molar-refractivity contribution in [2.24, 2.45) is 0 Å². The number of ether oxygens (including phenoxy) is 1. The first-order chi connectivity index (χ1) is 8.89. The van der Waals surface area contributed by atoms with E-state index in [-0.39, 0.29) is 15.8 Å². The van der Waals surface area contributed by atoms with Gasteiger partial charge in [0.1, 0.15) is 0 Å². The van der Waals surface area contributed by atoms with Gasteiger partial charge in [0.25, 0.3) is 0 Å². The minimum absolute atomic E-state index is 0.0698. The van der Waals surface area contributed by atoms with Crippen LogP contribution in [0, 0.1) is 0 Å². The van der Waals surface area contributed by atoms with Crippen LogP contribution in [-0.2, 0) is 21.7 Å². The summed E-state index contributed by atoms with van der Waals surface area (Å²) in [5.41, 5.74) is 4.71. The van der Waals surface area contributed by atoms with E-state index in [1.807, 2.05) is 0 Å². The molecule has 1 aromatic carbocycles. The van der Waals surface area contributed by atoms with Gasteiger partial charge in [0.05, 0.1) is 21.3 Å². The molecular formula is C12H14F3NO2S. The van der Waals surface area contributed by atoms with Crippen LogP contribution in [0.1, 0.15) is 18.4 Å². The minimum atomic E-state index is -4.44. The van der Waals surface area contributed by atoms with E-state index in [4.69, 9.17) is 10.5 Å². The molecule has 2 N–H and O–H groups in total. The SMILES string of the molecule is Nc1cc(C(F)(F)F)ccc1S(=O)C1CCOCC1. The fraction of sp³-hybridized carbons (Fsp3) is 0.500. The number of alkyl halides is 3. The molecule has 0 radical (unpaired) electrons. The lowest BCUT2D eigenvalue weighted by atomic mass is 10.2. The highest BCUT2D eigenvalue weighted by Crippen LogP contribution is 2.33. The third-order valence-corrected chi connectivity index (χ3v) is 4.91. The molecule has 3 nitrogen and oxygen atoms in total. The predicted octanol–water partition coefficient (Wildman–Crippen LogP) is 2.57. The molecule has 1 atom stereocenters. The molecule has 0 bridgehead atoms. The van der Waals surface area contributed by atoms with Crippen LogP contribution in [-0.4, -0.2) is 22.7 Å². The third-order valence-electron chi connectivity index (χ3n) is 3.02. The van der Waals surface area contributed by atoms with Gasteiger partial charge in [0.2, 0.25) is 0 Å². The molecule has 19 heavy (non-hydrogen) atoms. The molecule has 1 saturated heterocycles. The maximum absolute atomic E-state index is 12.5. The van der Waals surface area contributed by atoms with Crippen LogP contribution in [0.25, 0.3) is 0 Å². The average molecular weight is 293 g/mol. The zero-order valence-electron chi connectivity index (χ0n) is 10.1. The van der Waals surface area contributed by atoms with E-state index in [2.05, 4.69) is 0 Å². The van der Waals surface area contributed by atoms with Crippen LogP contribution in [0.15, 0.2) is 23.1 Å². The molecule has 1 unspecified atom stereocenters. The van der Waals surface area contributed by atoms with Gasteiger partial charge in [0.15, 0.2) is 0 Å². The summed E-state index contributed by atoms with van der Waals surface area (Å²) >= 11 is 0. The van der Waals surface area contributed by atoms with Crippen molar-refractivity contribution < 1.29 is 22.1 Å². The van der Waals surface area contributed by atoms with Crippen molar-refractivity contribution in [2.75, 3.05) is 18.9 Å². The fourth-order valence-electron chi connectivity index (χ4n) is 1.98. The molecule has 0 spiro atoms. The molecule has 1 aromatic rings. The number of hydrogen-bond donors (Lipinski definition) is 1. The number of halogens is 3. The quantitative estimate of drug-likeness (QED) is 0.853. The van der Waals surface area contributed by atoms with Crippen molar-refractivity contribution in [1.82, 2.24) is 0 Å². The van der Waals surface area contributed by atoms with E-state index in [9.17, 15) is 17.4 Å². The molecular weight excluding hydrogens is 279 g/mol. The Kier molecular flexibility index (Phi) is 4.15. The second-order valence-corrected chi connectivity index (χ2v) is 6.06. The van der Waals surface area contributed by atoms with Gasteiger partial charge in [-0.1, -0.05) is 0 Å². The summed E-state index contributed by atoms with van der Waals surface area (Å²) in [6.45, 7) is 1.05. The first-order valence-corrected chi connectivity index (χ1v) is 7.06. The van der Waals surface area contributed by atoms with Crippen molar-refractivity contribution in [3.63, 3.8) is 0 Å². The molecule has 1 fully saturated rings. The second kappa shape index (κ2) is 5.50. The molecule has 0 saturated carbocycles. The van der Waals surface area contributed by atoms with Crippen molar-refractivity contribution >= 4 is 16.5 Å². The van der Waals surface area contributed by atoms with Crippen LogP contribution in [0.2, 0.25) is 0 Å². The number of benzene rings is 1. The Morgan fingerprint density at radius 2 is 1.89 bits per heavy atom. The Morgan fingerprint density at radius 1 is 1.26 bits per heavy atom. The third kappa shape index (κ3) is 3.27. The summed E-state index contributed by atoms with van der Waals surface area (Å²) in [6, 6.07) is 2.97. The van der Waals surface area contributed by atoms with Crippen molar-refractivity contribution in [3.8, 4) is 0 Å². The first kappa shape index (κ1) is 14.3. The highest BCUT2D eigenvalue weighted by Gasteiger charge is 2.31. The lowest BCUT2D eigenvalue weighted by molar-refractivity contribution is -0.137. The molecule has 1 heterocycles. The average Bonchev–Trinajstić information content (AvgIpc) is 2.38. The van der Waals surface area contributed by atoms with Gasteiger partial charge in [-0.15, -0.1) is 0 Å². The van der Waals surface area contributed by atoms with Gasteiger partial charge in [0, 0.05) is 24.2 Å². The second-order valence-electron chi connectivity index (χ2n) is 4.36. The number of hydrogen-bond acceptors (Lipinski definition) is 3. The van der Waals surface area contributed by atoms with E-state index >= 15 is 0 Å². The summed E-state index contributed by atoms with van der Waals surface area (Å²) in [7, 11) is -1.39. The lowest BCUT2D eigenvalue weighted by Crippen LogP contribution is -2.25. The highest BCUT2D eigenvalue weighted by atomic mass is 32.2. The minimum Gasteiger partial charge on any atom is -0.398 e. The first-order valence-electron chi connectivity index (χ1n) is 5.84. The molecule has 2 rings (SSSR count). The van der Waals surface area contributed by atoms with Gasteiger partial charge < -0.3 is 10.5 Å². The summed E-state index contributed by atoms with van der Waals surface area (Å²) < 4.78 is 55.0. The van der Waals surface area contributed by atoms with E-state index < -0.39 is 22.5 Å². The normalized spacial score (nSPS) is 19.3. The number of nitrogens with two attached hydrogens (primary N) is 1. The van der Waals surface area contributed by atoms with E-state index in [0.29, 0.717) is 26.1 Å². The largest absolute Gasteiger partial charge is 0.416 e. The summed E-state index contributed by atoms with van der Waals surface area (Å²) in [5.74, 6) is 0. The molecule has 0 aromatic heterocycles. The Bertz CT molecular complexity index is 484. The summed E-state index contributed by atoms with van der Waals surface area (Å²) in [6.07, 6.45) is -3.17.